The molecule has 3 heterocycles. The van der Waals surface area contributed by atoms with Gasteiger partial charge in [-0.2, -0.15) is 5.26 Å². The normalized spacial score (nSPS) is 10.6. The molecule has 1 N–H and O–H groups in total. The van der Waals surface area contributed by atoms with Crippen LogP contribution in [0.25, 0.3) is 11.0 Å². The molecule has 0 aliphatic carbocycles. The minimum absolute atomic E-state index is 0.248. The number of carbonyl (C=O) groups excluding carboxylic acids is 1. The third-order valence-electron chi connectivity index (χ3n) is 4.28. The molecule has 0 spiro atoms. The van der Waals surface area contributed by atoms with Gasteiger partial charge in [0.05, 0.1) is 42.9 Å². The fourth-order valence-electron chi connectivity index (χ4n) is 2.89. The molecule has 0 aromatic carbocycles. The van der Waals surface area contributed by atoms with Crippen LogP contribution in [0.5, 0.6) is 5.88 Å². The number of nitrogens with zero attached hydrogens (tertiary/aromatic N) is 5. The van der Waals surface area contributed by atoms with E-state index in [-0.39, 0.29) is 12.3 Å². The number of pyridine rings is 1. The maximum atomic E-state index is 12.5. The Hall–Kier alpha value is -3.47. The van der Waals surface area contributed by atoms with Gasteiger partial charge in [-0.05, 0) is 25.5 Å². The zero-order valence-electron chi connectivity index (χ0n) is 15.5. The van der Waals surface area contributed by atoms with Crippen molar-refractivity contribution >= 4 is 16.9 Å². The Labute approximate surface area is 156 Å². The number of amides is 1. The van der Waals surface area contributed by atoms with E-state index in [9.17, 15) is 4.79 Å². The molecule has 0 aliphatic rings. The Morgan fingerprint density at radius 1 is 1.33 bits per heavy atom. The minimum atomic E-state index is -0.248. The number of methoxy groups -OCH3 is 1. The third kappa shape index (κ3) is 3.72. The summed E-state index contributed by atoms with van der Waals surface area (Å²) in [6.45, 7) is 4.61. The molecule has 3 aromatic heterocycles. The third-order valence-corrected chi connectivity index (χ3v) is 4.28. The molecule has 8 nitrogen and oxygen atoms in total. The Kier molecular flexibility index (Phi) is 5.31. The van der Waals surface area contributed by atoms with Crippen LogP contribution in [0.1, 0.15) is 33.6 Å². The van der Waals surface area contributed by atoms with E-state index in [0.29, 0.717) is 30.0 Å². The van der Waals surface area contributed by atoms with Crippen LogP contribution in [0.3, 0.4) is 0 Å². The number of nitrogens with one attached hydrogen (secondary N) is 1. The molecule has 8 heteroatoms. The van der Waals surface area contributed by atoms with E-state index in [1.807, 2.05) is 30.6 Å². The molecule has 138 valence electrons. The predicted octanol–water partition coefficient (Wildman–Crippen LogP) is 2.14. The number of rotatable bonds is 6. The lowest BCUT2D eigenvalue weighted by Gasteiger charge is -2.10. The van der Waals surface area contributed by atoms with E-state index in [1.165, 1.54) is 6.33 Å². The van der Waals surface area contributed by atoms with Gasteiger partial charge in [-0.1, -0.05) is 0 Å². The van der Waals surface area contributed by atoms with Gasteiger partial charge in [-0.25, -0.2) is 9.97 Å². The highest BCUT2D eigenvalue weighted by molar-refractivity contribution is 6.05. The van der Waals surface area contributed by atoms with Gasteiger partial charge in [0.25, 0.3) is 5.91 Å². The first-order valence-corrected chi connectivity index (χ1v) is 8.50. The predicted molar refractivity (Wildman–Crippen MR) is 99.5 cm³/mol. The van der Waals surface area contributed by atoms with Crippen LogP contribution in [0.15, 0.2) is 24.8 Å². The van der Waals surface area contributed by atoms with E-state index >= 15 is 0 Å². The summed E-state index contributed by atoms with van der Waals surface area (Å²) in [4.78, 5) is 25.4. The van der Waals surface area contributed by atoms with E-state index in [0.717, 1.165) is 22.3 Å². The monoisotopic (exact) mass is 364 g/mol. The van der Waals surface area contributed by atoms with Crippen molar-refractivity contribution in [2.45, 2.75) is 26.8 Å². The van der Waals surface area contributed by atoms with E-state index in [2.05, 4.69) is 20.3 Å². The molecule has 27 heavy (non-hydrogen) atoms. The van der Waals surface area contributed by atoms with Gasteiger partial charge < -0.3 is 14.6 Å². The lowest BCUT2D eigenvalue weighted by molar-refractivity contribution is 0.0956. The van der Waals surface area contributed by atoms with Crippen molar-refractivity contribution in [2.75, 3.05) is 13.7 Å². The highest BCUT2D eigenvalue weighted by Gasteiger charge is 2.18. The first kappa shape index (κ1) is 18.3. The van der Waals surface area contributed by atoms with Gasteiger partial charge in [0, 0.05) is 24.5 Å². The second kappa shape index (κ2) is 7.83. The Morgan fingerprint density at radius 3 is 2.89 bits per heavy atom. The van der Waals surface area contributed by atoms with Crippen LogP contribution < -0.4 is 10.1 Å². The van der Waals surface area contributed by atoms with Crippen LogP contribution in [-0.4, -0.2) is 39.1 Å². The summed E-state index contributed by atoms with van der Waals surface area (Å²) in [6.07, 6.45) is 5.23. The maximum absolute atomic E-state index is 12.5. The summed E-state index contributed by atoms with van der Waals surface area (Å²) in [5, 5.41) is 11.4. The minimum Gasteiger partial charge on any atom is -0.481 e. The van der Waals surface area contributed by atoms with Crippen LogP contribution in [0.4, 0.5) is 0 Å². The van der Waals surface area contributed by atoms with Gasteiger partial charge in [0.1, 0.15) is 11.8 Å². The summed E-state index contributed by atoms with van der Waals surface area (Å²) in [5.74, 6) is 0.280. The van der Waals surface area contributed by atoms with E-state index in [4.69, 9.17) is 10.00 Å². The molecule has 0 radical (unpaired) electrons. The summed E-state index contributed by atoms with van der Waals surface area (Å²) in [7, 11) is 1.57. The van der Waals surface area contributed by atoms with Crippen molar-refractivity contribution in [3.63, 3.8) is 0 Å². The topological polar surface area (TPSA) is 106 Å². The fourth-order valence-corrected chi connectivity index (χ4v) is 2.89. The summed E-state index contributed by atoms with van der Waals surface area (Å²) in [6, 6.07) is 4.00. The Bertz CT molecular complexity index is 1030. The number of aromatic nitrogens is 4. The quantitative estimate of drug-likeness (QED) is 0.672. The van der Waals surface area contributed by atoms with Gasteiger partial charge in [-0.15, -0.1) is 0 Å². The summed E-state index contributed by atoms with van der Waals surface area (Å²) < 4.78 is 7.21. The smallest absolute Gasteiger partial charge is 0.255 e. The second-order valence-electron chi connectivity index (χ2n) is 6.17. The maximum Gasteiger partial charge on any atom is 0.255 e. The second-order valence-corrected chi connectivity index (χ2v) is 6.17. The molecule has 0 atom stereocenters. The summed E-state index contributed by atoms with van der Waals surface area (Å²) >= 11 is 0. The SMILES string of the molecule is COc1ncnc(Cn2cc(C(=O)NCCC#N)c3ncc(C)cc32)c1C. The summed E-state index contributed by atoms with van der Waals surface area (Å²) in [5.41, 5.74) is 4.59. The zero-order valence-corrected chi connectivity index (χ0v) is 15.5. The Morgan fingerprint density at radius 2 is 2.15 bits per heavy atom. The average Bonchev–Trinajstić information content (AvgIpc) is 3.01. The first-order valence-electron chi connectivity index (χ1n) is 8.50. The van der Waals surface area contributed by atoms with Gasteiger partial charge in [0.2, 0.25) is 5.88 Å². The number of fused-ring (bicyclic) bond motifs is 1. The molecule has 0 aliphatic heterocycles. The molecule has 0 saturated heterocycles. The molecule has 0 unspecified atom stereocenters. The molecule has 3 rings (SSSR count). The highest BCUT2D eigenvalue weighted by atomic mass is 16.5. The van der Waals surface area contributed by atoms with Crippen LogP contribution >= 0.6 is 0 Å². The highest BCUT2D eigenvalue weighted by Crippen LogP contribution is 2.23. The van der Waals surface area contributed by atoms with Crippen molar-refractivity contribution < 1.29 is 9.53 Å². The van der Waals surface area contributed by atoms with Gasteiger partial charge in [-0.3, -0.25) is 9.78 Å². The largest absolute Gasteiger partial charge is 0.481 e. The molecular weight excluding hydrogens is 344 g/mol. The van der Waals surface area contributed by atoms with Gasteiger partial charge >= 0.3 is 0 Å². The number of ether oxygens (including phenoxy) is 1. The van der Waals surface area contributed by atoms with Crippen LogP contribution in [0.2, 0.25) is 0 Å². The van der Waals surface area contributed by atoms with Crippen molar-refractivity contribution in [1.29, 1.82) is 5.26 Å². The molecular formula is C19H20N6O2. The average molecular weight is 364 g/mol. The van der Waals surface area contributed by atoms with Gasteiger partial charge in [0.15, 0.2) is 0 Å². The van der Waals surface area contributed by atoms with Crippen LogP contribution in [0, 0.1) is 25.2 Å². The number of aryl methyl sites for hydroxylation is 1. The fraction of sp³-hybridized carbons (Fsp3) is 0.316. The first-order chi connectivity index (χ1) is 13.0. The van der Waals surface area contributed by atoms with Crippen molar-refractivity contribution in [3.8, 4) is 11.9 Å². The van der Waals surface area contributed by atoms with Crippen molar-refractivity contribution in [2.24, 2.45) is 0 Å². The van der Waals surface area contributed by atoms with Crippen molar-refractivity contribution in [3.05, 3.63) is 47.2 Å². The molecule has 3 aromatic rings. The Balaban J connectivity index is 2.02. The van der Waals surface area contributed by atoms with E-state index in [1.54, 1.807) is 19.5 Å². The molecule has 1 amide bonds. The zero-order chi connectivity index (χ0) is 19.4. The van der Waals surface area contributed by atoms with E-state index < -0.39 is 0 Å². The standard InChI is InChI=1S/C19H20N6O2/c1-12-7-16-17(22-8-12)14(18(26)21-6-4-5-20)9-25(16)10-15-13(2)19(27-3)24-11-23-15/h7-9,11H,4,6,10H2,1-3H3,(H,21,26). The number of hydrogen-bond acceptors (Lipinski definition) is 6. The molecule has 0 bridgehead atoms. The van der Waals surface area contributed by atoms with Crippen LogP contribution in [-0.2, 0) is 6.54 Å². The van der Waals surface area contributed by atoms with Crippen molar-refractivity contribution in [1.82, 2.24) is 24.8 Å². The molecule has 0 saturated carbocycles. The molecule has 0 fully saturated rings. The number of nitriles is 1. The lowest BCUT2D eigenvalue weighted by Crippen LogP contribution is -2.24. The number of hydrogen-bond donors (Lipinski definition) is 1. The lowest BCUT2D eigenvalue weighted by atomic mass is 10.2. The number of carbonyl (C=O) groups is 1.